The Balaban J connectivity index is 0.00000220. The number of halogens is 3. The van der Waals surface area contributed by atoms with Crippen molar-refractivity contribution >= 4 is 18.3 Å². The summed E-state index contributed by atoms with van der Waals surface area (Å²) in [7, 11) is 0. The monoisotopic (exact) mass is 325 g/mol. The maximum absolute atomic E-state index is 12.5. The van der Waals surface area contributed by atoms with E-state index in [1.165, 1.54) is 0 Å². The first-order chi connectivity index (χ1) is 9.56. The Morgan fingerprint density at radius 2 is 2.05 bits per heavy atom. The van der Waals surface area contributed by atoms with Crippen molar-refractivity contribution < 1.29 is 13.6 Å². The lowest BCUT2D eigenvalue weighted by atomic mass is 9.92. The van der Waals surface area contributed by atoms with Crippen LogP contribution in [0.15, 0.2) is 0 Å². The Labute approximate surface area is 131 Å². The number of piperidine rings is 1. The van der Waals surface area contributed by atoms with Crippen molar-refractivity contribution in [3.8, 4) is 0 Å². The molecule has 2 atom stereocenters. The summed E-state index contributed by atoms with van der Waals surface area (Å²) in [6.45, 7) is 5.34. The molecule has 1 amide bonds. The molecule has 2 heterocycles. The lowest BCUT2D eigenvalue weighted by Crippen LogP contribution is -2.45. The molecule has 2 fully saturated rings. The molecule has 0 aromatic carbocycles. The van der Waals surface area contributed by atoms with Crippen LogP contribution in [0, 0.1) is 5.92 Å². The van der Waals surface area contributed by atoms with Crippen molar-refractivity contribution in [1.29, 1.82) is 0 Å². The van der Waals surface area contributed by atoms with Crippen molar-refractivity contribution in [2.75, 3.05) is 39.3 Å². The van der Waals surface area contributed by atoms with Gasteiger partial charge in [-0.1, -0.05) is 0 Å². The molecule has 2 aliphatic rings. The first-order valence-electron chi connectivity index (χ1n) is 7.59. The highest BCUT2D eigenvalue weighted by Gasteiger charge is 2.29. The number of hydrogen-bond acceptors (Lipinski definition) is 3. The Bertz CT molecular complexity index is 333. The van der Waals surface area contributed by atoms with Gasteiger partial charge < -0.3 is 10.2 Å². The van der Waals surface area contributed by atoms with Crippen LogP contribution < -0.4 is 5.32 Å². The van der Waals surface area contributed by atoms with Crippen LogP contribution >= 0.6 is 12.4 Å². The number of alkyl halides is 2. The van der Waals surface area contributed by atoms with Crippen LogP contribution in [-0.2, 0) is 4.79 Å². The van der Waals surface area contributed by atoms with Crippen molar-refractivity contribution in [2.24, 2.45) is 5.92 Å². The summed E-state index contributed by atoms with van der Waals surface area (Å²) < 4.78 is 24.8. The van der Waals surface area contributed by atoms with Gasteiger partial charge in [0.25, 0.3) is 6.43 Å². The maximum atomic E-state index is 12.5. The molecule has 0 aliphatic carbocycles. The smallest absolute Gasteiger partial charge is 0.251 e. The topological polar surface area (TPSA) is 35.6 Å². The van der Waals surface area contributed by atoms with E-state index in [0.29, 0.717) is 32.2 Å². The van der Waals surface area contributed by atoms with Crippen LogP contribution in [0.3, 0.4) is 0 Å². The molecule has 0 spiro atoms. The van der Waals surface area contributed by atoms with Crippen molar-refractivity contribution in [3.63, 3.8) is 0 Å². The number of carbonyl (C=O) groups is 1. The van der Waals surface area contributed by atoms with Gasteiger partial charge in [0, 0.05) is 38.1 Å². The fourth-order valence-corrected chi connectivity index (χ4v) is 3.18. The van der Waals surface area contributed by atoms with Gasteiger partial charge in [-0.3, -0.25) is 9.69 Å². The number of nitrogens with zero attached hydrogens (tertiary/aromatic N) is 2. The normalized spacial score (nSPS) is 28.1. The second kappa shape index (κ2) is 8.86. The van der Waals surface area contributed by atoms with Gasteiger partial charge in [-0.05, 0) is 32.7 Å². The maximum Gasteiger partial charge on any atom is 0.251 e. The van der Waals surface area contributed by atoms with E-state index >= 15 is 0 Å². The predicted molar refractivity (Wildman–Crippen MR) is 81.1 cm³/mol. The Hall–Kier alpha value is -0.460. The van der Waals surface area contributed by atoms with Gasteiger partial charge in [0.15, 0.2) is 0 Å². The highest BCUT2D eigenvalue weighted by atomic mass is 35.5. The minimum Gasteiger partial charge on any atom is -0.341 e. The fourth-order valence-electron chi connectivity index (χ4n) is 3.18. The minimum absolute atomic E-state index is 0. The zero-order valence-electron chi connectivity index (χ0n) is 12.6. The van der Waals surface area contributed by atoms with E-state index in [0.717, 1.165) is 25.8 Å². The Morgan fingerprint density at radius 3 is 2.71 bits per heavy atom. The van der Waals surface area contributed by atoms with Gasteiger partial charge in [0.1, 0.15) is 0 Å². The molecule has 1 N–H and O–H groups in total. The second-order valence-electron chi connectivity index (χ2n) is 5.95. The summed E-state index contributed by atoms with van der Waals surface area (Å²) in [5, 5.41) is 3.35. The number of amides is 1. The summed E-state index contributed by atoms with van der Waals surface area (Å²) in [6.07, 6.45) is 0.276. The molecular weight excluding hydrogens is 300 g/mol. The van der Waals surface area contributed by atoms with Gasteiger partial charge in [0.05, 0.1) is 6.54 Å². The van der Waals surface area contributed by atoms with Crippen LogP contribution in [0.2, 0.25) is 0 Å². The zero-order chi connectivity index (χ0) is 14.5. The summed E-state index contributed by atoms with van der Waals surface area (Å²) >= 11 is 0. The number of nitrogens with one attached hydrogen (secondary N) is 1. The molecule has 2 saturated heterocycles. The fraction of sp³-hybridized carbons (Fsp3) is 0.929. The summed E-state index contributed by atoms with van der Waals surface area (Å²) in [5.74, 6) is 0.324. The molecule has 21 heavy (non-hydrogen) atoms. The third-order valence-corrected chi connectivity index (χ3v) is 4.27. The van der Waals surface area contributed by atoms with E-state index in [2.05, 4.69) is 12.2 Å². The van der Waals surface area contributed by atoms with Crippen LogP contribution in [0.1, 0.15) is 26.2 Å². The lowest BCUT2D eigenvalue weighted by Gasteiger charge is -2.31. The quantitative estimate of drug-likeness (QED) is 0.856. The van der Waals surface area contributed by atoms with Gasteiger partial charge >= 0.3 is 0 Å². The van der Waals surface area contributed by atoms with E-state index in [1.807, 2.05) is 4.90 Å². The van der Waals surface area contributed by atoms with E-state index in [1.54, 1.807) is 4.90 Å². The molecule has 0 aromatic rings. The first-order valence-corrected chi connectivity index (χ1v) is 7.59. The van der Waals surface area contributed by atoms with E-state index in [9.17, 15) is 13.6 Å². The Morgan fingerprint density at radius 1 is 1.29 bits per heavy atom. The first kappa shape index (κ1) is 18.6. The standard InChI is InChI=1S/C14H25F2N3O.ClH/c1-11-9-12(3-4-17-11)14(20)19-6-2-5-18(7-8-19)10-13(15)16;/h11-13,17H,2-10H2,1H3;1H/t11-,12-;/m0./s1. The Kier molecular flexibility index (Phi) is 7.84. The van der Waals surface area contributed by atoms with E-state index in [-0.39, 0.29) is 30.8 Å². The molecule has 2 aliphatic heterocycles. The second-order valence-corrected chi connectivity index (χ2v) is 5.95. The summed E-state index contributed by atoms with van der Waals surface area (Å²) in [4.78, 5) is 16.2. The molecule has 124 valence electrons. The van der Waals surface area contributed by atoms with Crippen LogP contribution in [0.4, 0.5) is 8.78 Å². The van der Waals surface area contributed by atoms with Gasteiger partial charge in [-0.25, -0.2) is 8.78 Å². The zero-order valence-corrected chi connectivity index (χ0v) is 13.4. The van der Waals surface area contributed by atoms with Crippen molar-refractivity contribution in [2.45, 2.75) is 38.7 Å². The molecule has 7 heteroatoms. The van der Waals surface area contributed by atoms with Gasteiger partial charge in [0.2, 0.25) is 5.91 Å². The molecule has 4 nitrogen and oxygen atoms in total. The number of hydrogen-bond donors (Lipinski definition) is 1. The molecule has 0 bridgehead atoms. The number of carbonyl (C=O) groups excluding carboxylic acids is 1. The summed E-state index contributed by atoms with van der Waals surface area (Å²) in [6, 6.07) is 0.389. The molecule has 2 rings (SSSR count). The summed E-state index contributed by atoms with van der Waals surface area (Å²) in [5.41, 5.74) is 0. The molecular formula is C14H26ClF2N3O. The highest BCUT2D eigenvalue weighted by Crippen LogP contribution is 2.20. The lowest BCUT2D eigenvalue weighted by molar-refractivity contribution is -0.136. The van der Waals surface area contributed by atoms with Gasteiger partial charge in [-0.2, -0.15) is 0 Å². The molecule has 0 saturated carbocycles. The highest BCUT2D eigenvalue weighted by molar-refractivity contribution is 5.85. The molecule has 0 radical (unpaired) electrons. The van der Waals surface area contributed by atoms with Crippen molar-refractivity contribution in [3.05, 3.63) is 0 Å². The third-order valence-electron chi connectivity index (χ3n) is 4.27. The van der Waals surface area contributed by atoms with E-state index in [4.69, 9.17) is 0 Å². The van der Waals surface area contributed by atoms with Crippen LogP contribution in [0.25, 0.3) is 0 Å². The van der Waals surface area contributed by atoms with Crippen LogP contribution in [-0.4, -0.2) is 67.4 Å². The molecule has 0 aromatic heterocycles. The van der Waals surface area contributed by atoms with Crippen molar-refractivity contribution in [1.82, 2.24) is 15.1 Å². The SMILES string of the molecule is C[C@H]1C[C@@H](C(=O)N2CCCN(CC(F)F)CC2)CCN1.Cl. The molecule has 0 unspecified atom stereocenters. The van der Waals surface area contributed by atoms with Gasteiger partial charge in [-0.15, -0.1) is 12.4 Å². The van der Waals surface area contributed by atoms with Crippen LogP contribution in [0.5, 0.6) is 0 Å². The average molecular weight is 326 g/mol. The average Bonchev–Trinajstić information content (AvgIpc) is 2.63. The number of rotatable bonds is 3. The minimum atomic E-state index is -2.29. The third kappa shape index (κ3) is 5.68. The van der Waals surface area contributed by atoms with E-state index < -0.39 is 6.43 Å². The predicted octanol–water partition coefficient (Wildman–Crippen LogP) is 1.60. The largest absolute Gasteiger partial charge is 0.341 e.